The Hall–Kier alpha value is -2.18. The highest BCUT2D eigenvalue weighted by Crippen LogP contribution is 2.10. The fourth-order valence-corrected chi connectivity index (χ4v) is 2.77. The highest BCUT2D eigenvalue weighted by Gasteiger charge is 2.14. The Kier molecular flexibility index (Phi) is 5.27. The SMILES string of the molecule is Cc1cnc(CNC(=O)c2ccc(CN3CCN(C)CC3)cc2)o1. The van der Waals surface area contributed by atoms with Gasteiger partial charge in [-0.25, -0.2) is 4.98 Å². The van der Waals surface area contributed by atoms with Crippen LogP contribution in [0.5, 0.6) is 0 Å². The minimum atomic E-state index is -0.114. The van der Waals surface area contributed by atoms with Crippen LogP contribution in [0.15, 0.2) is 34.9 Å². The Labute approximate surface area is 142 Å². The van der Waals surface area contributed by atoms with Crippen molar-refractivity contribution < 1.29 is 9.21 Å². The topological polar surface area (TPSA) is 61.6 Å². The van der Waals surface area contributed by atoms with E-state index in [-0.39, 0.29) is 5.91 Å². The summed E-state index contributed by atoms with van der Waals surface area (Å²) < 4.78 is 5.35. The number of benzene rings is 1. The Bertz CT molecular complexity index is 673. The van der Waals surface area contributed by atoms with Crippen molar-refractivity contribution in [3.63, 3.8) is 0 Å². The van der Waals surface area contributed by atoms with E-state index in [0.717, 1.165) is 38.5 Å². The maximum atomic E-state index is 12.2. The molecule has 0 spiro atoms. The number of carbonyl (C=O) groups excluding carboxylic acids is 1. The van der Waals surface area contributed by atoms with Gasteiger partial charge >= 0.3 is 0 Å². The zero-order valence-corrected chi connectivity index (χ0v) is 14.3. The van der Waals surface area contributed by atoms with E-state index in [2.05, 4.69) is 27.1 Å². The summed E-state index contributed by atoms with van der Waals surface area (Å²) in [4.78, 5) is 21.0. The molecule has 0 bridgehead atoms. The molecule has 0 saturated carbocycles. The van der Waals surface area contributed by atoms with Crippen molar-refractivity contribution in [1.82, 2.24) is 20.1 Å². The second kappa shape index (κ2) is 7.59. The summed E-state index contributed by atoms with van der Waals surface area (Å²) in [5.41, 5.74) is 1.89. The number of amides is 1. The number of aromatic nitrogens is 1. The van der Waals surface area contributed by atoms with Gasteiger partial charge < -0.3 is 14.6 Å². The first-order valence-electron chi connectivity index (χ1n) is 8.29. The fraction of sp³-hybridized carbons (Fsp3) is 0.444. The van der Waals surface area contributed by atoms with E-state index in [0.29, 0.717) is 18.0 Å². The summed E-state index contributed by atoms with van der Waals surface area (Å²) in [7, 11) is 2.16. The maximum absolute atomic E-state index is 12.2. The van der Waals surface area contributed by atoms with Crippen LogP contribution in [-0.4, -0.2) is 53.9 Å². The second-order valence-corrected chi connectivity index (χ2v) is 6.32. The molecule has 0 aliphatic carbocycles. The lowest BCUT2D eigenvalue weighted by Gasteiger charge is -2.32. The molecule has 1 aromatic heterocycles. The van der Waals surface area contributed by atoms with E-state index in [1.54, 1.807) is 6.20 Å². The van der Waals surface area contributed by atoms with Crippen LogP contribution in [0, 0.1) is 6.92 Å². The lowest BCUT2D eigenvalue weighted by Crippen LogP contribution is -2.43. The van der Waals surface area contributed by atoms with Crippen molar-refractivity contribution >= 4 is 5.91 Å². The summed E-state index contributed by atoms with van der Waals surface area (Å²) in [6, 6.07) is 7.81. The molecule has 2 heterocycles. The van der Waals surface area contributed by atoms with Gasteiger partial charge in [-0.2, -0.15) is 0 Å². The smallest absolute Gasteiger partial charge is 0.251 e. The van der Waals surface area contributed by atoms with Crippen LogP contribution in [0.1, 0.15) is 27.6 Å². The van der Waals surface area contributed by atoms with Gasteiger partial charge in [-0.1, -0.05) is 12.1 Å². The number of carbonyl (C=O) groups is 1. The third-order valence-corrected chi connectivity index (χ3v) is 4.29. The van der Waals surface area contributed by atoms with Crippen LogP contribution in [0.3, 0.4) is 0 Å². The molecule has 0 unspecified atom stereocenters. The summed E-state index contributed by atoms with van der Waals surface area (Å²) in [5, 5.41) is 2.82. The van der Waals surface area contributed by atoms with Crippen molar-refractivity contribution in [3.8, 4) is 0 Å². The molecule has 1 N–H and O–H groups in total. The highest BCUT2D eigenvalue weighted by atomic mass is 16.4. The molecular formula is C18H24N4O2. The molecule has 1 aliphatic rings. The van der Waals surface area contributed by atoms with Gasteiger partial charge in [-0.05, 0) is 31.7 Å². The van der Waals surface area contributed by atoms with Crippen LogP contribution in [0.4, 0.5) is 0 Å². The molecule has 128 valence electrons. The predicted molar refractivity (Wildman–Crippen MR) is 91.6 cm³/mol. The number of hydrogen-bond donors (Lipinski definition) is 1. The number of nitrogens with one attached hydrogen (secondary N) is 1. The molecule has 0 atom stereocenters. The summed E-state index contributed by atoms with van der Waals surface area (Å²) in [5.74, 6) is 1.15. The largest absolute Gasteiger partial charge is 0.444 e. The standard InChI is InChI=1S/C18H24N4O2/c1-14-11-19-17(24-14)12-20-18(23)16-5-3-15(4-6-16)13-22-9-7-21(2)8-10-22/h3-6,11H,7-10,12-13H2,1-2H3,(H,20,23). The molecule has 2 aromatic rings. The van der Waals surface area contributed by atoms with E-state index < -0.39 is 0 Å². The molecule has 1 aromatic carbocycles. The van der Waals surface area contributed by atoms with Gasteiger partial charge in [0.1, 0.15) is 5.76 Å². The van der Waals surface area contributed by atoms with Crippen LogP contribution in [0.25, 0.3) is 0 Å². The van der Waals surface area contributed by atoms with Crippen molar-refractivity contribution in [2.45, 2.75) is 20.0 Å². The first-order valence-corrected chi connectivity index (χ1v) is 8.29. The Morgan fingerprint density at radius 1 is 1.21 bits per heavy atom. The molecule has 6 heteroatoms. The summed E-state index contributed by atoms with van der Waals surface area (Å²) in [6.07, 6.45) is 1.65. The van der Waals surface area contributed by atoms with Crippen molar-refractivity contribution in [3.05, 3.63) is 53.2 Å². The number of piperazine rings is 1. The molecule has 0 radical (unpaired) electrons. The number of nitrogens with zero attached hydrogens (tertiary/aromatic N) is 3. The zero-order chi connectivity index (χ0) is 16.9. The fourth-order valence-electron chi connectivity index (χ4n) is 2.77. The maximum Gasteiger partial charge on any atom is 0.251 e. The van der Waals surface area contributed by atoms with Crippen LogP contribution >= 0.6 is 0 Å². The van der Waals surface area contributed by atoms with Crippen molar-refractivity contribution in [1.29, 1.82) is 0 Å². The Morgan fingerprint density at radius 2 is 1.92 bits per heavy atom. The van der Waals surface area contributed by atoms with Crippen LogP contribution in [0.2, 0.25) is 0 Å². The van der Waals surface area contributed by atoms with Crippen molar-refractivity contribution in [2.24, 2.45) is 0 Å². The van der Waals surface area contributed by atoms with Gasteiger partial charge in [0.05, 0.1) is 12.7 Å². The van der Waals surface area contributed by atoms with E-state index in [1.165, 1.54) is 5.56 Å². The van der Waals surface area contributed by atoms with E-state index in [4.69, 9.17) is 4.42 Å². The van der Waals surface area contributed by atoms with Gasteiger partial charge in [-0.15, -0.1) is 0 Å². The highest BCUT2D eigenvalue weighted by molar-refractivity contribution is 5.94. The van der Waals surface area contributed by atoms with Crippen molar-refractivity contribution in [2.75, 3.05) is 33.2 Å². The first-order chi connectivity index (χ1) is 11.6. The Morgan fingerprint density at radius 3 is 2.54 bits per heavy atom. The molecule has 1 saturated heterocycles. The molecule has 1 amide bonds. The van der Waals surface area contributed by atoms with Gasteiger partial charge in [-0.3, -0.25) is 9.69 Å². The van der Waals surface area contributed by atoms with Gasteiger partial charge in [0.25, 0.3) is 5.91 Å². The number of oxazole rings is 1. The third kappa shape index (κ3) is 4.43. The quantitative estimate of drug-likeness (QED) is 0.904. The van der Waals surface area contributed by atoms with E-state index in [1.807, 2.05) is 31.2 Å². The lowest BCUT2D eigenvalue weighted by molar-refractivity contribution is 0.0947. The van der Waals surface area contributed by atoms with Crippen LogP contribution in [-0.2, 0) is 13.1 Å². The average molecular weight is 328 g/mol. The van der Waals surface area contributed by atoms with Crippen LogP contribution < -0.4 is 5.32 Å². The molecule has 1 aliphatic heterocycles. The zero-order valence-electron chi connectivity index (χ0n) is 14.3. The number of rotatable bonds is 5. The molecule has 6 nitrogen and oxygen atoms in total. The number of likely N-dealkylation sites (N-methyl/N-ethyl adjacent to an activating group) is 1. The first kappa shape index (κ1) is 16.7. The third-order valence-electron chi connectivity index (χ3n) is 4.29. The average Bonchev–Trinajstić information content (AvgIpc) is 3.01. The minimum Gasteiger partial charge on any atom is -0.444 e. The Balaban J connectivity index is 1.51. The summed E-state index contributed by atoms with van der Waals surface area (Å²) >= 11 is 0. The van der Waals surface area contributed by atoms with Gasteiger partial charge in [0.15, 0.2) is 0 Å². The molecule has 1 fully saturated rings. The number of hydrogen-bond acceptors (Lipinski definition) is 5. The molecule has 3 rings (SSSR count). The molecular weight excluding hydrogens is 304 g/mol. The number of aryl methyl sites for hydroxylation is 1. The normalized spacial score (nSPS) is 16.2. The van der Waals surface area contributed by atoms with E-state index >= 15 is 0 Å². The van der Waals surface area contributed by atoms with Gasteiger partial charge in [0, 0.05) is 38.3 Å². The monoisotopic (exact) mass is 328 g/mol. The second-order valence-electron chi connectivity index (χ2n) is 6.32. The molecule has 24 heavy (non-hydrogen) atoms. The van der Waals surface area contributed by atoms with Gasteiger partial charge in [0.2, 0.25) is 5.89 Å². The predicted octanol–water partition coefficient (Wildman–Crippen LogP) is 1.66. The van der Waals surface area contributed by atoms with E-state index in [9.17, 15) is 4.79 Å². The minimum absolute atomic E-state index is 0.114. The summed E-state index contributed by atoms with van der Waals surface area (Å²) in [6.45, 7) is 7.47. The lowest BCUT2D eigenvalue weighted by atomic mass is 10.1.